The molecule has 1 aromatic heterocycles. The lowest BCUT2D eigenvalue weighted by Gasteiger charge is -2.06. The van der Waals surface area contributed by atoms with E-state index in [1.807, 2.05) is 6.92 Å². The summed E-state index contributed by atoms with van der Waals surface area (Å²) in [5.41, 5.74) is 0.933. The fourth-order valence-electron chi connectivity index (χ4n) is 1.61. The van der Waals surface area contributed by atoms with Gasteiger partial charge in [-0.05, 0) is 31.2 Å². The molecule has 0 spiro atoms. The number of aryl methyl sites for hydroxylation is 1. The van der Waals surface area contributed by atoms with E-state index in [1.54, 1.807) is 29.6 Å². The number of hydrogen-bond acceptors (Lipinski definition) is 4. The summed E-state index contributed by atoms with van der Waals surface area (Å²) in [5, 5.41) is 8.54. The van der Waals surface area contributed by atoms with Crippen LogP contribution in [0.25, 0.3) is 0 Å². The molecule has 21 heavy (non-hydrogen) atoms. The Morgan fingerprint density at radius 2 is 1.76 bits per heavy atom. The van der Waals surface area contributed by atoms with E-state index in [2.05, 4.69) is 15.6 Å². The molecule has 110 valence electrons. The van der Waals surface area contributed by atoms with Crippen molar-refractivity contribution in [3.8, 4) is 0 Å². The monoisotopic (exact) mass is 323 g/mol. The van der Waals surface area contributed by atoms with Gasteiger partial charge in [0.05, 0.1) is 5.01 Å². The zero-order chi connectivity index (χ0) is 15.2. The average Bonchev–Trinajstić information content (AvgIpc) is 2.90. The Balaban J connectivity index is 1.73. The maximum absolute atomic E-state index is 11.8. The Kier molecular flexibility index (Phi) is 5.30. The molecule has 0 saturated carbocycles. The molecule has 0 fully saturated rings. The molecule has 0 aliphatic carbocycles. The van der Waals surface area contributed by atoms with E-state index in [0.29, 0.717) is 29.4 Å². The summed E-state index contributed by atoms with van der Waals surface area (Å²) in [4.78, 5) is 27.6. The van der Waals surface area contributed by atoms with Gasteiger partial charge in [0, 0.05) is 29.1 Å². The van der Waals surface area contributed by atoms with Crippen LogP contribution in [0.4, 0.5) is 0 Å². The Labute approximate surface area is 131 Å². The second-order valence-corrected chi connectivity index (χ2v) is 5.77. The number of nitrogens with one attached hydrogen (secondary N) is 2. The first-order valence-electron chi connectivity index (χ1n) is 6.30. The van der Waals surface area contributed by atoms with Crippen molar-refractivity contribution < 1.29 is 9.59 Å². The van der Waals surface area contributed by atoms with E-state index in [0.717, 1.165) is 5.01 Å². The highest BCUT2D eigenvalue weighted by atomic mass is 35.5. The molecule has 2 aromatic rings. The third-order valence-electron chi connectivity index (χ3n) is 2.65. The van der Waals surface area contributed by atoms with E-state index in [9.17, 15) is 9.59 Å². The van der Waals surface area contributed by atoms with Crippen molar-refractivity contribution in [1.82, 2.24) is 15.6 Å². The van der Waals surface area contributed by atoms with Crippen molar-refractivity contribution in [2.75, 3.05) is 13.1 Å². The van der Waals surface area contributed by atoms with Gasteiger partial charge in [-0.25, -0.2) is 4.98 Å². The smallest absolute Gasteiger partial charge is 0.270 e. The van der Waals surface area contributed by atoms with Crippen molar-refractivity contribution in [3.05, 3.63) is 50.9 Å². The van der Waals surface area contributed by atoms with Gasteiger partial charge in [-0.3, -0.25) is 9.59 Å². The molecule has 0 bridgehead atoms. The van der Waals surface area contributed by atoms with Crippen LogP contribution in [-0.4, -0.2) is 29.9 Å². The Bertz CT molecular complexity index is 640. The largest absolute Gasteiger partial charge is 0.350 e. The number of thiazole rings is 1. The van der Waals surface area contributed by atoms with E-state index in [4.69, 9.17) is 11.6 Å². The van der Waals surface area contributed by atoms with Crippen LogP contribution in [0, 0.1) is 6.92 Å². The minimum absolute atomic E-state index is 0.203. The van der Waals surface area contributed by atoms with E-state index in [1.165, 1.54) is 11.3 Å². The van der Waals surface area contributed by atoms with Gasteiger partial charge in [-0.2, -0.15) is 0 Å². The van der Waals surface area contributed by atoms with Gasteiger partial charge in [-0.15, -0.1) is 11.3 Å². The number of rotatable bonds is 5. The highest BCUT2D eigenvalue weighted by Crippen LogP contribution is 2.09. The summed E-state index contributed by atoms with van der Waals surface area (Å²) >= 11 is 7.18. The van der Waals surface area contributed by atoms with Crippen LogP contribution in [0.1, 0.15) is 25.9 Å². The lowest BCUT2D eigenvalue weighted by atomic mass is 10.2. The Hall–Kier alpha value is -1.92. The van der Waals surface area contributed by atoms with E-state index in [-0.39, 0.29) is 11.8 Å². The van der Waals surface area contributed by atoms with Gasteiger partial charge in [-0.1, -0.05) is 11.6 Å². The van der Waals surface area contributed by atoms with Crippen LogP contribution in [0.5, 0.6) is 0 Å². The zero-order valence-electron chi connectivity index (χ0n) is 11.4. The van der Waals surface area contributed by atoms with Gasteiger partial charge >= 0.3 is 0 Å². The van der Waals surface area contributed by atoms with Gasteiger partial charge in [0.25, 0.3) is 11.8 Å². The summed E-state index contributed by atoms with van der Waals surface area (Å²) in [7, 11) is 0. The number of carbonyl (C=O) groups excluding carboxylic acids is 2. The van der Waals surface area contributed by atoms with Gasteiger partial charge in [0.1, 0.15) is 5.69 Å². The molecule has 2 N–H and O–H groups in total. The van der Waals surface area contributed by atoms with Crippen molar-refractivity contribution in [1.29, 1.82) is 0 Å². The molecule has 2 amide bonds. The highest BCUT2D eigenvalue weighted by molar-refractivity contribution is 7.09. The summed E-state index contributed by atoms with van der Waals surface area (Å²) in [6.45, 7) is 2.53. The third kappa shape index (κ3) is 4.54. The number of aromatic nitrogens is 1. The molecule has 0 saturated heterocycles. The number of halogens is 1. The number of hydrogen-bond donors (Lipinski definition) is 2. The average molecular weight is 324 g/mol. The number of benzene rings is 1. The first kappa shape index (κ1) is 15.5. The van der Waals surface area contributed by atoms with Crippen LogP contribution in [0.15, 0.2) is 29.6 Å². The molecular formula is C14H14ClN3O2S. The van der Waals surface area contributed by atoms with Crippen molar-refractivity contribution in [3.63, 3.8) is 0 Å². The third-order valence-corrected chi connectivity index (χ3v) is 3.68. The molecule has 0 unspecified atom stereocenters. The predicted octanol–water partition coefficient (Wildman–Crippen LogP) is 2.26. The zero-order valence-corrected chi connectivity index (χ0v) is 12.9. The number of nitrogens with zero attached hydrogens (tertiary/aromatic N) is 1. The quantitative estimate of drug-likeness (QED) is 0.829. The molecule has 0 aliphatic rings. The van der Waals surface area contributed by atoms with Crippen LogP contribution >= 0.6 is 22.9 Å². The van der Waals surface area contributed by atoms with E-state index >= 15 is 0 Å². The van der Waals surface area contributed by atoms with Crippen LogP contribution < -0.4 is 10.6 Å². The molecule has 0 radical (unpaired) electrons. The first-order valence-corrected chi connectivity index (χ1v) is 7.56. The predicted molar refractivity (Wildman–Crippen MR) is 83.0 cm³/mol. The normalized spacial score (nSPS) is 10.2. The summed E-state index contributed by atoms with van der Waals surface area (Å²) in [6.07, 6.45) is 0. The lowest BCUT2D eigenvalue weighted by molar-refractivity contribution is 0.0925. The molecule has 0 atom stereocenters. The Morgan fingerprint density at radius 3 is 2.33 bits per heavy atom. The second kappa shape index (κ2) is 7.19. The number of amides is 2. The molecule has 5 nitrogen and oxygen atoms in total. The first-order chi connectivity index (χ1) is 10.1. The number of carbonyl (C=O) groups is 2. The fourth-order valence-corrected chi connectivity index (χ4v) is 2.33. The maximum Gasteiger partial charge on any atom is 0.270 e. The topological polar surface area (TPSA) is 71.1 Å². The minimum Gasteiger partial charge on any atom is -0.350 e. The summed E-state index contributed by atoms with van der Waals surface area (Å²) in [6, 6.07) is 6.61. The second-order valence-electron chi connectivity index (χ2n) is 4.27. The maximum atomic E-state index is 11.8. The molecular weight excluding hydrogens is 310 g/mol. The highest BCUT2D eigenvalue weighted by Gasteiger charge is 2.09. The summed E-state index contributed by atoms with van der Waals surface area (Å²) in [5.74, 6) is -0.439. The molecule has 1 heterocycles. The summed E-state index contributed by atoms with van der Waals surface area (Å²) < 4.78 is 0. The Morgan fingerprint density at radius 1 is 1.14 bits per heavy atom. The van der Waals surface area contributed by atoms with Crippen molar-refractivity contribution in [2.45, 2.75) is 6.92 Å². The van der Waals surface area contributed by atoms with Crippen LogP contribution in [0.3, 0.4) is 0 Å². The SMILES string of the molecule is Cc1nc(C(=O)NCCNC(=O)c2ccc(Cl)cc2)cs1. The van der Waals surface area contributed by atoms with Gasteiger partial charge in [0.2, 0.25) is 0 Å². The van der Waals surface area contributed by atoms with Gasteiger partial charge < -0.3 is 10.6 Å². The van der Waals surface area contributed by atoms with Crippen LogP contribution in [-0.2, 0) is 0 Å². The van der Waals surface area contributed by atoms with Crippen molar-refractivity contribution in [2.24, 2.45) is 0 Å². The molecule has 1 aromatic carbocycles. The van der Waals surface area contributed by atoms with Crippen molar-refractivity contribution >= 4 is 34.8 Å². The van der Waals surface area contributed by atoms with Crippen LogP contribution in [0.2, 0.25) is 5.02 Å². The van der Waals surface area contributed by atoms with E-state index < -0.39 is 0 Å². The van der Waals surface area contributed by atoms with Gasteiger partial charge in [0.15, 0.2) is 0 Å². The minimum atomic E-state index is -0.236. The molecule has 2 rings (SSSR count). The molecule has 0 aliphatic heterocycles. The molecule has 7 heteroatoms. The standard InChI is InChI=1S/C14H14ClN3O2S/c1-9-18-12(8-21-9)14(20)17-7-6-16-13(19)10-2-4-11(15)5-3-10/h2-5,8H,6-7H2,1H3,(H,16,19)(H,17,20). The fraction of sp³-hybridized carbons (Fsp3) is 0.214. The lowest BCUT2D eigenvalue weighted by Crippen LogP contribution is -2.34.